The van der Waals surface area contributed by atoms with E-state index in [1.54, 1.807) is 4.90 Å². The lowest BCUT2D eigenvalue weighted by Crippen LogP contribution is -2.07. The summed E-state index contributed by atoms with van der Waals surface area (Å²) in [7, 11) is 3.65. The topological polar surface area (TPSA) is 67.4 Å². The zero-order chi connectivity index (χ0) is 10.7. The summed E-state index contributed by atoms with van der Waals surface area (Å²) in [6, 6.07) is 0. The third-order valence-electron chi connectivity index (χ3n) is 1.24. The first-order valence-electron chi connectivity index (χ1n) is 3.70. The van der Waals surface area contributed by atoms with Gasteiger partial charge in [-0.15, -0.1) is 0 Å². The van der Waals surface area contributed by atoms with Crippen LogP contribution in [0.15, 0.2) is 4.99 Å². The highest BCUT2D eigenvalue weighted by molar-refractivity contribution is 6.37. The Balaban J connectivity index is 3.01. The smallest absolute Gasteiger partial charge is 0.253 e. The summed E-state index contributed by atoms with van der Waals surface area (Å²) in [4.78, 5) is 13.3. The Labute approximate surface area is 91.6 Å². The van der Waals surface area contributed by atoms with Gasteiger partial charge in [0, 0.05) is 14.1 Å². The van der Waals surface area contributed by atoms with Gasteiger partial charge in [-0.05, 0) is 0 Å². The van der Waals surface area contributed by atoms with E-state index < -0.39 is 0 Å². The molecule has 0 saturated heterocycles. The molecule has 0 radical (unpaired) electrons. The van der Waals surface area contributed by atoms with Crippen LogP contribution in [0.25, 0.3) is 0 Å². The van der Waals surface area contributed by atoms with E-state index in [0.29, 0.717) is 0 Å². The molecule has 0 atom stereocenters. The van der Waals surface area contributed by atoms with Gasteiger partial charge >= 0.3 is 0 Å². The molecule has 0 aliphatic heterocycles. The number of nitrogen functional groups attached to an aromatic ring is 1. The molecule has 1 aromatic heterocycles. The maximum absolute atomic E-state index is 5.69. The lowest BCUT2D eigenvalue weighted by Gasteiger charge is -2.03. The second-order valence-corrected chi connectivity index (χ2v) is 3.44. The van der Waals surface area contributed by atoms with E-state index in [2.05, 4.69) is 15.0 Å². The number of nitrogens with two attached hydrogens (primary N) is 1. The van der Waals surface area contributed by atoms with E-state index in [1.165, 1.54) is 6.34 Å². The minimum Gasteiger partial charge on any atom is -0.394 e. The molecule has 0 aliphatic rings. The third-order valence-corrected chi connectivity index (χ3v) is 1.82. The second-order valence-electron chi connectivity index (χ2n) is 2.73. The number of anilines is 1. The Kier molecular flexibility index (Phi) is 3.49. The molecule has 0 unspecified atom stereocenters. The van der Waals surface area contributed by atoms with Gasteiger partial charge in [0.1, 0.15) is 5.69 Å². The minimum atomic E-state index is 0.107. The van der Waals surface area contributed by atoms with Crippen molar-refractivity contribution in [3.8, 4) is 0 Å². The summed E-state index contributed by atoms with van der Waals surface area (Å²) < 4.78 is 0. The molecule has 0 amide bonds. The van der Waals surface area contributed by atoms with E-state index in [9.17, 15) is 0 Å². The van der Waals surface area contributed by atoms with Crippen LogP contribution >= 0.6 is 23.2 Å². The largest absolute Gasteiger partial charge is 0.394 e. The Morgan fingerprint density at radius 3 is 2.21 bits per heavy atom. The molecule has 0 aromatic carbocycles. The Bertz CT molecular complexity index is 340. The highest BCUT2D eigenvalue weighted by Crippen LogP contribution is 2.25. The number of hydrogen-bond donors (Lipinski definition) is 1. The summed E-state index contributed by atoms with van der Waals surface area (Å²) in [5.41, 5.74) is 5.62. The standard InChI is InChI=1S/C7H9Cl2N5/c1-14(2)3-11-7-12-5(8)4(10)6(9)13-7/h3H,10H2,1-2H3. The number of hydrogen-bond acceptors (Lipinski definition) is 4. The van der Waals surface area contributed by atoms with E-state index in [1.807, 2.05) is 14.1 Å². The molecule has 0 saturated carbocycles. The van der Waals surface area contributed by atoms with Crippen molar-refractivity contribution >= 4 is 41.2 Å². The van der Waals surface area contributed by atoms with Crippen LogP contribution in [0.3, 0.4) is 0 Å². The summed E-state index contributed by atoms with van der Waals surface area (Å²) >= 11 is 11.4. The normalized spacial score (nSPS) is 10.9. The van der Waals surface area contributed by atoms with Crippen molar-refractivity contribution < 1.29 is 0 Å². The number of halogens is 2. The van der Waals surface area contributed by atoms with Crippen LogP contribution < -0.4 is 5.73 Å². The summed E-state index contributed by atoms with van der Waals surface area (Å²) in [5.74, 6) is 0.183. The molecule has 5 nitrogen and oxygen atoms in total. The molecule has 1 rings (SSSR count). The maximum atomic E-state index is 5.69. The van der Waals surface area contributed by atoms with Crippen molar-refractivity contribution in [2.24, 2.45) is 4.99 Å². The number of nitrogens with zero attached hydrogens (tertiary/aromatic N) is 4. The third kappa shape index (κ3) is 2.71. The number of rotatable bonds is 2. The first kappa shape index (κ1) is 11.0. The van der Waals surface area contributed by atoms with Gasteiger partial charge in [0.05, 0.1) is 6.34 Å². The zero-order valence-electron chi connectivity index (χ0n) is 7.70. The molecule has 2 N–H and O–H groups in total. The van der Waals surface area contributed by atoms with E-state index in [4.69, 9.17) is 28.9 Å². The minimum absolute atomic E-state index is 0.107. The first-order valence-corrected chi connectivity index (χ1v) is 4.45. The molecule has 1 aromatic rings. The Hall–Kier alpha value is -1.07. The fourth-order valence-corrected chi connectivity index (χ4v) is 1.01. The van der Waals surface area contributed by atoms with Gasteiger partial charge in [-0.2, -0.15) is 9.97 Å². The van der Waals surface area contributed by atoms with Gasteiger partial charge in [0.15, 0.2) is 10.3 Å². The Morgan fingerprint density at radius 2 is 1.79 bits per heavy atom. The molecule has 0 fully saturated rings. The van der Waals surface area contributed by atoms with Crippen molar-refractivity contribution in [3.05, 3.63) is 10.3 Å². The van der Waals surface area contributed by atoms with Gasteiger partial charge < -0.3 is 10.6 Å². The van der Waals surface area contributed by atoms with Crippen LogP contribution in [0.4, 0.5) is 11.6 Å². The molecule has 0 bridgehead atoms. The average molecular weight is 234 g/mol. The van der Waals surface area contributed by atoms with Crippen LogP contribution in [0, 0.1) is 0 Å². The van der Waals surface area contributed by atoms with Gasteiger partial charge in [0.2, 0.25) is 0 Å². The van der Waals surface area contributed by atoms with Crippen LogP contribution in [0.5, 0.6) is 0 Å². The van der Waals surface area contributed by atoms with Gasteiger partial charge in [0.25, 0.3) is 5.95 Å². The summed E-state index contributed by atoms with van der Waals surface area (Å²) in [6.07, 6.45) is 1.54. The molecule has 0 spiro atoms. The predicted molar refractivity (Wildman–Crippen MR) is 58.3 cm³/mol. The van der Waals surface area contributed by atoms with E-state index >= 15 is 0 Å². The molecule has 14 heavy (non-hydrogen) atoms. The zero-order valence-corrected chi connectivity index (χ0v) is 9.21. The highest BCUT2D eigenvalue weighted by Gasteiger charge is 2.06. The Morgan fingerprint density at radius 1 is 1.29 bits per heavy atom. The summed E-state index contributed by atoms with van der Waals surface area (Å²) in [6.45, 7) is 0. The fraction of sp³-hybridized carbons (Fsp3) is 0.286. The predicted octanol–water partition coefficient (Wildman–Crippen LogP) is 1.59. The van der Waals surface area contributed by atoms with Crippen molar-refractivity contribution in [1.29, 1.82) is 0 Å². The van der Waals surface area contributed by atoms with Crippen molar-refractivity contribution in [2.45, 2.75) is 0 Å². The first-order chi connectivity index (χ1) is 6.50. The lowest BCUT2D eigenvalue weighted by molar-refractivity contribution is 0.642. The van der Waals surface area contributed by atoms with Crippen LogP contribution in [0.2, 0.25) is 10.3 Å². The van der Waals surface area contributed by atoms with Crippen molar-refractivity contribution in [1.82, 2.24) is 14.9 Å². The molecule has 7 heteroatoms. The highest BCUT2D eigenvalue weighted by atomic mass is 35.5. The van der Waals surface area contributed by atoms with Crippen LogP contribution in [0.1, 0.15) is 0 Å². The van der Waals surface area contributed by atoms with Crippen molar-refractivity contribution in [3.63, 3.8) is 0 Å². The average Bonchev–Trinajstić information content (AvgIpc) is 2.10. The van der Waals surface area contributed by atoms with Crippen LogP contribution in [-0.4, -0.2) is 35.3 Å². The van der Waals surface area contributed by atoms with Crippen LogP contribution in [-0.2, 0) is 0 Å². The number of aliphatic imine (C=N–C) groups is 1. The molecule has 0 aliphatic carbocycles. The molecular formula is C7H9Cl2N5. The lowest BCUT2D eigenvalue weighted by atomic mass is 10.5. The quantitative estimate of drug-likeness (QED) is 0.479. The molecule has 1 heterocycles. The molecular weight excluding hydrogens is 225 g/mol. The van der Waals surface area contributed by atoms with Gasteiger partial charge in [-0.1, -0.05) is 23.2 Å². The van der Waals surface area contributed by atoms with Gasteiger partial charge in [-0.25, -0.2) is 4.99 Å². The number of aromatic nitrogens is 2. The van der Waals surface area contributed by atoms with E-state index in [0.717, 1.165) is 0 Å². The SMILES string of the molecule is CN(C)C=Nc1nc(Cl)c(N)c(Cl)n1. The van der Waals surface area contributed by atoms with Gasteiger partial charge in [-0.3, -0.25) is 0 Å². The van der Waals surface area contributed by atoms with Crippen molar-refractivity contribution in [2.75, 3.05) is 19.8 Å². The maximum Gasteiger partial charge on any atom is 0.253 e. The second kappa shape index (κ2) is 4.43. The summed E-state index contributed by atoms with van der Waals surface area (Å²) in [5, 5.41) is 0.215. The monoisotopic (exact) mass is 233 g/mol. The fourth-order valence-electron chi connectivity index (χ4n) is 0.631. The molecule has 76 valence electrons. The van der Waals surface area contributed by atoms with E-state index in [-0.39, 0.29) is 21.9 Å².